The van der Waals surface area contributed by atoms with Gasteiger partial charge in [0.05, 0.1) is 6.04 Å². The van der Waals surface area contributed by atoms with Crippen LogP contribution in [0.2, 0.25) is 0 Å². The van der Waals surface area contributed by atoms with E-state index in [1.165, 1.54) is 23.5 Å². The molecule has 0 saturated carbocycles. The topological polar surface area (TPSA) is 71.5 Å². The number of thiazole rings is 1. The van der Waals surface area contributed by atoms with Crippen molar-refractivity contribution in [2.24, 2.45) is 5.92 Å². The van der Waals surface area contributed by atoms with E-state index in [0.29, 0.717) is 41.9 Å². The van der Waals surface area contributed by atoms with E-state index in [-0.39, 0.29) is 30.3 Å². The number of nitrogens with zero attached hydrogens (tertiary/aromatic N) is 2. The maximum absolute atomic E-state index is 14.1. The molecule has 6 nitrogen and oxygen atoms in total. The molecule has 35 heavy (non-hydrogen) atoms. The molecule has 0 bridgehead atoms. The van der Waals surface area contributed by atoms with Crippen LogP contribution < -0.4 is 10.1 Å². The van der Waals surface area contributed by atoms with Crippen molar-refractivity contribution in [2.75, 3.05) is 13.1 Å². The van der Waals surface area contributed by atoms with Gasteiger partial charge in [-0.3, -0.25) is 9.59 Å². The number of carbonyl (C=O) groups is 2. The molecule has 4 rings (SSSR count). The maximum atomic E-state index is 14.1. The second kappa shape index (κ2) is 11.0. The molecule has 1 aliphatic rings. The van der Waals surface area contributed by atoms with Gasteiger partial charge in [0, 0.05) is 24.9 Å². The lowest BCUT2D eigenvalue weighted by molar-refractivity contribution is -0.132. The van der Waals surface area contributed by atoms with Crippen molar-refractivity contribution in [3.05, 3.63) is 81.1 Å². The largest absolute Gasteiger partial charge is 0.486 e. The molecule has 0 unspecified atom stereocenters. The Morgan fingerprint density at radius 1 is 1.26 bits per heavy atom. The van der Waals surface area contributed by atoms with Crippen LogP contribution in [0.1, 0.15) is 65.4 Å². The number of amides is 2. The summed E-state index contributed by atoms with van der Waals surface area (Å²) in [6.07, 6.45) is 1.11. The van der Waals surface area contributed by atoms with Crippen molar-refractivity contribution in [3.8, 4) is 5.75 Å². The number of hydrogen-bond donors (Lipinski definition) is 1. The van der Waals surface area contributed by atoms with Crippen LogP contribution in [-0.4, -0.2) is 34.8 Å². The van der Waals surface area contributed by atoms with Crippen molar-refractivity contribution in [2.45, 2.75) is 46.3 Å². The zero-order chi connectivity index (χ0) is 24.9. The maximum Gasteiger partial charge on any atom is 0.270 e. The Balaban J connectivity index is 1.54. The van der Waals surface area contributed by atoms with Gasteiger partial charge in [-0.25, -0.2) is 9.37 Å². The van der Waals surface area contributed by atoms with E-state index in [4.69, 9.17) is 4.74 Å². The van der Waals surface area contributed by atoms with Gasteiger partial charge in [-0.1, -0.05) is 39.0 Å². The second-order valence-corrected chi connectivity index (χ2v) is 9.97. The molecule has 0 radical (unpaired) electrons. The summed E-state index contributed by atoms with van der Waals surface area (Å²) in [5.41, 5.74) is 3.18. The summed E-state index contributed by atoms with van der Waals surface area (Å²) in [7, 11) is 0. The highest BCUT2D eigenvalue weighted by Gasteiger charge is 2.32. The van der Waals surface area contributed by atoms with E-state index >= 15 is 0 Å². The first-order valence-electron chi connectivity index (χ1n) is 11.9. The van der Waals surface area contributed by atoms with Crippen molar-refractivity contribution >= 4 is 23.2 Å². The van der Waals surface area contributed by atoms with Crippen LogP contribution in [0.25, 0.3) is 0 Å². The Bertz CT molecular complexity index is 1210. The molecule has 0 spiro atoms. The van der Waals surface area contributed by atoms with Gasteiger partial charge in [0.1, 0.15) is 28.9 Å². The number of ether oxygens (including phenoxy) is 1. The summed E-state index contributed by atoms with van der Waals surface area (Å²) in [4.78, 5) is 31.2. The average molecular weight is 496 g/mol. The van der Waals surface area contributed by atoms with E-state index in [0.717, 1.165) is 23.1 Å². The molecule has 8 heteroatoms. The molecule has 3 aromatic rings. The summed E-state index contributed by atoms with van der Waals surface area (Å²) in [6.45, 7) is 7.32. The second-order valence-electron chi connectivity index (χ2n) is 9.03. The zero-order valence-corrected chi connectivity index (χ0v) is 21.0. The van der Waals surface area contributed by atoms with Crippen LogP contribution in [0.15, 0.2) is 47.8 Å². The Hall–Kier alpha value is -3.26. The van der Waals surface area contributed by atoms with Crippen molar-refractivity contribution in [1.29, 1.82) is 0 Å². The number of halogens is 1. The van der Waals surface area contributed by atoms with Crippen LogP contribution in [0.4, 0.5) is 4.39 Å². The number of nitrogens with one attached hydrogen (secondary N) is 1. The summed E-state index contributed by atoms with van der Waals surface area (Å²) in [5.74, 6) is 0.514. The molecule has 1 atom stereocenters. The lowest BCUT2D eigenvalue weighted by Gasteiger charge is -2.38. The first-order chi connectivity index (χ1) is 16.9. The van der Waals surface area contributed by atoms with Crippen molar-refractivity contribution in [1.82, 2.24) is 15.2 Å². The number of fused-ring (bicyclic) bond motifs is 1. The van der Waals surface area contributed by atoms with E-state index in [2.05, 4.69) is 10.3 Å². The third-order valence-corrected chi connectivity index (χ3v) is 6.77. The molecular formula is C27H30FN3O3S. The highest BCUT2D eigenvalue weighted by Crippen LogP contribution is 2.38. The quantitative estimate of drug-likeness (QED) is 0.470. The summed E-state index contributed by atoms with van der Waals surface area (Å²) < 4.78 is 20.1. The molecule has 2 amide bonds. The van der Waals surface area contributed by atoms with Gasteiger partial charge >= 0.3 is 0 Å². The zero-order valence-electron chi connectivity index (χ0n) is 20.2. The SMILES string of the molecule is CCC(=O)N1CCc2ccc(OCc3nc(C(=O)NCC(C)C)cs3)cc2[C@H]1c1cccc(F)c1. The third-order valence-electron chi connectivity index (χ3n) is 5.95. The minimum absolute atomic E-state index is 0.0299. The predicted octanol–water partition coefficient (Wildman–Crippen LogP) is 5.13. The Morgan fingerprint density at radius 3 is 2.83 bits per heavy atom. The van der Waals surface area contributed by atoms with Crippen molar-refractivity contribution < 1.29 is 18.7 Å². The molecule has 0 fully saturated rings. The fraction of sp³-hybridized carbons (Fsp3) is 0.370. The number of rotatable bonds is 8. The fourth-order valence-corrected chi connectivity index (χ4v) is 4.89. The summed E-state index contributed by atoms with van der Waals surface area (Å²) in [6, 6.07) is 11.9. The summed E-state index contributed by atoms with van der Waals surface area (Å²) in [5, 5.41) is 5.30. The predicted molar refractivity (Wildman–Crippen MR) is 134 cm³/mol. The normalized spacial score (nSPS) is 15.1. The molecule has 0 saturated heterocycles. The van der Waals surface area contributed by atoms with E-state index < -0.39 is 0 Å². The molecule has 2 heterocycles. The highest BCUT2D eigenvalue weighted by atomic mass is 32.1. The fourth-order valence-electron chi connectivity index (χ4n) is 4.20. The molecule has 184 valence electrons. The number of hydrogen-bond acceptors (Lipinski definition) is 5. The van der Waals surface area contributed by atoms with Gasteiger partial charge in [-0.2, -0.15) is 0 Å². The Labute approximate surface area is 209 Å². The van der Waals surface area contributed by atoms with Crippen molar-refractivity contribution in [3.63, 3.8) is 0 Å². The molecule has 2 aromatic carbocycles. The van der Waals surface area contributed by atoms with Gasteiger partial charge in [-0.15, -0.1) is 11.3 Å². The molecule has 0 aliphatic carbocycles. The molecule has 1 aromatic heterocycles. The van der Waals surface area contributed by atoms with Crippen LogP contribution in [-0.2, 0) is 17.8 Å². The number of benzene rings is 2. The molecule has 1 aliphatic heterocycles. The summed E-state index contributed by atoms with van der Waals surface area (Å²) >= 11 is 1.37. The Kier molecular flexibility index (Phi) is 7.80. The van der Waals surface area contributed by atoms with Gasteiger partial charge in [-0.05, 0) is 53.3 Å². The third kappa shape index (κ3) is 5.88. The Morgan fingerprint density at radius 2 is 2.09 bits per heavy atom. The van der Waals surface area contributed by atoms with E-state index in [1.54, 1.807) is 11.4 Å². The first-order valence-corrected chi connectivity index (χ1v) is 12.8. The number of carbonyl (C=O) groups excluding carboxylic acids is 2. The minimum Gasteiger partial charge on any atom is -0.486 e. The van der Waals surface area contributed by atoms with Gasteiger partial charge < -0.3 is 15.0 Å². The van der Waals surface area contributed by atoms with Gasteiger partial charge in [0.25, 0.3) is 5.91 Å². The average Bonchev–Trinajstić information content (AvgIpc) is 3.34. The molecule has 1 N–H and O–H groups in total. The van der Waals surface area contributed by atoms with E-state index in [1.807, 2.05) is 49.9 Å². The highest BCUT2D eigenvalue weighted by molar-refractivity contribution is 7.09. The van der Waals surface area contributed by atoms with Crippen LogP contribution >= 0.6 is 11.3 Å². The number of aromatic nitrogens is 1. The minimum atomic E-state index is -0.374. The standard InChI is InChI=1S/C27H30FN3O3S/c1-4-25(32)31-11-10-18-8-9-21(13-22(18)26(31)19-6-5-7-20(28)12-19)34-15-24-30-23(16-35-24)27(33)29-14-17(2)3/h5-9,12-13,16-17,26H,4,10-11,14-15H2,1-3H3,(H,29,33)/t26-/m1/s1. The molecular weight excluding hydrogens is 465 g/mol. The lowest BCUT2D eigenvalue weighted by atomic mass is 9.87. The monoisotopic (exact) mass is 495 g/mol. The lowest BCUT2D eigenvalue weighted by Crippen LogP contribution is -2.40. The van der Waals surface area contributed by atoms with E-state index in [9.17, 15) is 14.0 Å². The smallest absolute Gasteiger partial charge is 0.270 e. The van der Waals surface area contributed by atoms with Crippen LogP contribution in [0.5, 0.6) is 5.75 Å². The van der Waals surface area contributed by atoms with Gasteiger partial charge in [0.2, 0.25) is 5.91 Å². The van der Waals surface area contributed by atoms with Crippen LogP contribution in [0.3, 0.4) is 0 Å². The van der Waals surface area contributed by atoms with Gasteiger partial charge in [0.15, 0.2) is 0 Å². The first kappa shape index (κ1) is 24.9. The van der Waals surface area contributed by atoms with Crippen LogP contribution in [0, 0.1) is 11.7 Å².